The zero-order valence-electron chi connectivity index (χ0n) is 15.0. The highest BCUT2D eigenvalue weighted by atomic mass is 32.2. The third kappa shape index (κ3) is 3.34. The molecule has 0 aliphatic carbocycles. The number of hydrogen-bond donors (Lipinski definition) is 1. The summed E-state index contributed by atoms with van der Waals surface area (Å²) in [6.07, 6.45) is 4.37. The van der Waals surface area contributed by atoms with Crippen molar-refractivity contribution in [1.82, 2.24) is 14.8 Å². The Morgan fingerprint density at radius 3 is 2.37 bits per heavy atom. The molecule has 27 heavy (non-hydrogen) atoms. The summed E-state index contributed by atoms with van der Waals surface area (Å²) in [4.78, 5) is 32.7. The third-order valence-electron chi connectivity index (χ3n) is 6.12. The van der Waals surface area contributed by atoms with E-state index in [1.165, 1.54) is 0 Å². The summed E-state index contributed by atoms with van der Waals surface area (Å²) in [5, 5.41) is -0.509. The number of nitrogens with two attached hydrogens (primary N) is 1. The summed E-state index contributed by atoms with van der Waals surface area (Å²) < 4.78 is 24.4. The number of hydrogen-bond acceptors (Lipinski definition) is 6. The van der Waals surface area contributed by atoms with Crippen LogP contribution < -0.4 is 5.73 Å². The van der Waals surface area contributed by atoms with Gasteiger partial charge in [-0.05, 0) is 25.0 Å². The molecule has 8 nitrogen and oxygen atoms in total. The minimum atomic E-state index is -3.20. The molecule has 2 amide bonds. The maximum Gasteiger partial charge on any atom is 0.253 e. The standard InChI is InChI=1S/C18H24N4O4S/c19-15-11-27(25,26)16-10-22(9-14(15)16)18(24)13-3-7-21(8-4-13)17(23)12-1-5-20-6-2-12/h1-2,5-6,13-16H,3-4,7-11,19H2/t14-,15+,16-/m0/s1. The summed E-state index contributed by atoms with van der Waals surface area (Å²) in [6, 6.07) is 3.00. The van der Waals surface area contributed by atoms with Gasteiger partial charge >= 0.3 is 0 Å². The molecular formula is C18H24N4O4S. The van der Waals surface area contributed by atoms with E-state index < -0.39 is 15.1 Å². The summed E-state index contributed by atoms with van der Waals surface area (Å²) >= 11 is 0. The van der Waals surface area contributed by atoms with E-state index in [-0.39, 0.29) is 42.0 Å². The Morgan fingerprint density at radius 2 is 1.74 bits per heavy atom. The second kappa shape index (κ2) is 6.87. The minimum absolute atomic E-state index is 0.00260. The van der Waals surface area contributed by atoms with Crippen molar-refractivity contribution in [2.45, 2.75) is 24.1 Å². The number of pyridine rings is 1. The molecule has 0 spiro atoms. The van der Waals surface area contributed by atoms with E-state index in [1.807, 2.05) is 0 Å². The Hall–Kier alpha value is -2.00. The minimum Gasteiger partial charge on any atom is -0.341 e. The van der Waals surface area contributed by atoms with E-state index in [0.29, 0.717) is 38.0 Å². The Kier molecular flexibility index (Phi) is 4.67. The molecule has 1 aromatic rings. The van der Waals surface area contributed by atoms with Crippen molar-refractivity contribution in [3.63, 3.8) is 0 Å². The molecule has 3 fully saturated rings. The lowest BCUT2D eigenvalue weighted by atomic mass is 9.94. The topological polar surface area (TPSA) is 114 Å². The van der Waals surface area contributed by atoms with Gasteiger partial charge in [0.05, 0.1) is 11.0 Å². The molecule has 3 aliphatic heterocycles. The molecule has 3 saturated heterocycles. The predicted molar refractivity (Wildman–Crippen MR) is 98.5 cm³/mol. The number of fused-ring (bicyclic) bond motifs is 1. The number of amides is 2. The highest BCUT2D eigenvalue weighted by Gasteiger charge is 2.52. The van der Waals surface area contributed by atoms with Crippen LogP contribution in [0.15, 0.2) is 24.5 Å². The van der Waals surface area contributed by atoms with Crippen LogP contribution in [0, 0.1) is 11.8 Å². The molecule has 9 heteroatoms. The van der Waals surface area contributed by atoms with Crippen LogP contribution in [0.5, 0.6) is 0 Å². The number of likely N-dealkylation sites (tertiary alicyclic amines) is 2. The fourth-order valence-corrected chi connectivity index (χ4v) is 6.81. The summed E-state index contributed by atoms with van der Waals surface area (Å²) in [6.45, 7) is 1.74. The van der Waals surface area contributed by atoms with Gasteiger partial charge < -0.3 is 15.5 Å². The van der Waals surface area contributed by atoms with Crippen molar-refractivity contribution in [2.24, 2.45) is 17.6 Å². The van der Waals surface area contributed by atoms with Gasteiger partial charge in [-0.25, -0.2) is 8.42 Å². The number of carbonyl (C=O) groups is 2. The number of rotatable bonds is 2. The number of carbonyl (C=O) groups excluding carboxylic acids is 2. The van der Waals surface area contributed by atoms with Gasteiger partial charge in [0, 0.05) is 62.0 Å². The summed E-state index contributed by atoms with van der Waals surface area (Å²) in [7, 11) is -3.20. The zero-order valence-corrected chi connectivity index (χ0v) is 15.8. The fraction of sp³-hybridized carbons (Fsp3) is 0.611. The average molecular weight is 392 g/mol. The SMILES string of the molecule is N[C@@H]1CS(=O)(=O)[C@H]2CN(C(=O)C3CCN(C(=O)c4ccncc4)CC3)C[C@@H]12. The Balaban J connectivity index is 1.35. The van der Waals surface area contributed by atoms with E-state index in [1.54, 1.807) is 34.3 Å². The molecule has 0 unspecified atom stereocenters. The maximum absolute atomic E-state index is 12.9. The highest BCUT2D eigenvalue weighted by molar-refractivity contribution is 7.92. The molecule has 4 heterocycles. The van der Waals surface area contributed by atoms with Crippen LogP contribution in [0.2, 0.25) is 0 Å². The largest absolute Gasteiger partial charge is 0.341 e. The first kappa shape index (κ1) is 18.4. The van der Waals surface area contributed by atoms with E-state index in [4.69, 9.17) is 5.73 Å². The molecule has 146 valence electrons. The Bertz CT molecular complexity index is 836. The monoisotopic (exact) mass is 392 g/mol. The van der Waals surface area contributed by atoms with Crippen molar-refractivity contribution >= 4 is 21.7 Å². The van der Waals surface area contributed by atoms with Crippen LogP contribution in [0.4, 0.5) is 0 Å². The van der Waals surface area contributed by atoms with Crippen LogP contribution in [0.3, 0.4) is 0 Å². The predicted octanol–water partition coefficient (Wildman–Crippen LogP) is -0.483. The molecule has 3 atom stereocenters. The van der Waals surface area contributed by atoms with Crippen LogP contribution in [-0.4, -0.2) is 78.2 Å². The molecule has 4 rings (SSSR count). The Labute approximate surface area is 158 Å². The molecule has 0 aromatic carbocycles. The van der Waals surface area contributed by atoms with Crippen molar-refractivity contribution in [2.75, 3.05) is 31.9 Å². The second-order valence-corrected chi connectivity index (χ2v) is 10.0. The average Bonchev–Trinajstić information content (AvgIpc) is 3.21. The molecule has 0 bridgehead atoms. The van der Waals surface area contributed by atoms with Crippen LogP contribution >= 0.6 is 0 Å². The molecule has 1 aromatic heterocycles. The lowest BCUT2D eigenvalue weighted by Gasteiger charge is -2.33. The summed E-state index contributed by atoms with van der Waals surface area (Å²) in [5.41, 5.74) is 6.58. The van der Waals surface area contributed by atoms with Crippen LogP contribution in [0.1, 0.15) is 23.2 Å². The normalized spacial score (nSPS) is 30.3. The van der Waals surface area contributed by atoms with Crippen LogP contribution in [-0.2, 0) is 14.6 Å². The number of aromatic nitrogens is 1. The second-order valence-electron chi connectivity index (χ2n) is 7.74. The zero-order chi connectivity index (χ0) is 19.2. The fourth-order valence-electron chi connectivity index (χ4n) is 4.55. The van der Waals surface area contributed by atoms with Crippen molar-refractivity contribution < 1.29 is 18.0 Å². The van der Waals surface area contributed by atoms with Gasteiger partial charge in [0.1, 0.15) is 0 Å². The van der Waals surface area contributed by atoms with Gasteiger partial charge in [0.2, 0.25) is 5.91 Å². The van der Waals surface area contributed by atoms with Gasteiger partial charge in [-0.1, -0.05) is 0 Å². The van der Waals surface area contributed by atoms with E-state index >= 15 is 0 Å². The van der Waals surface area contributed by atoms with E-state index in [9.17, 15) is 18.0 Å². The third-order valence-corrected chi connectivity index (χ3v) is 8.39. The van der Waals surface area contributed by atoms with Gasteiger partial charge in [-0.3, -0.25) is 14.6 Å². The number of sulfone groups is 1. The first-order chi connectivity index (χ1) is 12.9. The highest BCUT2D eigenvalue weighted by Crippen LogP contribution is 2.34. The lowest BCUT2D eigenvalue weighted by molar-refractivity contribution is -0.136. The summed E-state index contributed by atoms with van der Waals surface area (Å²) in [5.74, 6) is -0.324. The molecular weight excluding hydrogens is 368 g/mol. The molecule has 0 radical (unpaired) electrons. The lowest BCUT2D eigenvalue weighted by Crippen LogP contribution is -2.45. The van der Waals surface area contributed by atoms with Gasteiger partial charge in [0.15, 0.2) is 9.84 Å². The molecule has 0 saturated carbocycles. The maximum atomic E-state index is 12.9. The van der Waals surface area contributed by atoms with E-state index in [0.717, 1.165) is 0 Å². The smallest absolute Gasteiger partial charge is 0.253 e. The van der Waals surface area contributed by atoms with Crippen molar-refractivity contribution in [3.05, 3.63) is 30.1 Å². The van der Waals surface area contributed by atoms with Crippen molar-refractivity contribution in [3.8, 4) is 0 Å². The van der Waals surface area contributed by atoms with Crippen LogP contribution in [0.25, 0.3) is 0 Å². The molecule has 3 aliphatic rings. The molecule has 2 N–H and O–H groups in total. The quantitative estimate of drug-likeness (QED) is 0.727. The first-order valence-electron chi connectivity index (χ1n) is 9.32. The number of nitrogens with zero attached hydrogens (tertiary/aromatic N) is 3. The first-order valence-corrected chi connectivity index (χ1v) is 11.0. The Morgan fingerprint density at radius 1 is 1.07 bits per heavy atom. The van der Waals surface area contributed by atoms with Gasteiger partial charge in [-0.2, -0.15) is 0 Å². The number of piperidine rings is 1. The van der Waals surface area contributed by atoms with Gasteiger partial charge in [-0.15, -0.1) is 0 Å². The van der Waals surface area contributed by atoms with Gasteiger partial charge in [0.25, 0.3) is 5.91 Å². The van der Waals surface area contributed by atoms with Crippen molar-refractivity contribution in [1.29, 1.82) is 0 Å². The van der Waals surface area contributed by atoms with E-state index in [2.05, 4.69) is 4.98 Å².